The molecule has 2 rings (SSSR count). The molecule has 20 heavy (non-hydrogen) atoms. The van der Waals surface area contributed by atoms with E-state index in [1.54, 1.807) is 0 Å². The molecule has 0 bridgehead atoms. The summed E-state index contributed by atoms with van der Waals surface area (Å²) in [5.41, 5.74) is 0.225. The minimum absolute atomic E-state index is 0.0284. The van der Waals surface area contributed by atoms with Crippen molar-refractivity contribution in [3.05, 3.63) is 0 Å². The monoisotopic (exact) mass is 280 g/mol. The average Bonchev–Trinajstić information content (AvgIpc) is 2.33. The number of nitrogens with one attached hydrogen (secondary N) is 1. The first-order valence-corrected chi connectivity index (χ1v) is 7.97. The molecule has 4 nitrogen and oxygen atoms in total. The van der Waals surface area contributed by atoms with Crippen molar-refractivity contribution in [1.82, 2.24) is 10.2 Å². The van der Waals surface area contributed by atoms with Crippen LogP contribution in [-0.2, 0) is 9.59 Å². The van der Waals surface area contributed by atoms with E-state index in [4.69, 9.17) is 0 Å². The predicted molar refractivity (Wildman–Crippen MR) is 79.1 cm³/mol. The topological polar surface area (TPSA) is 49.4 Å². The van der Waals surface area contributed by atoms with Gasteiger partial charge in [-0.05, 0) is 37.0 Å². The Kier molecular flexibility index (Phi) is 4.40. The highest BCUT2D eigenvalue weighted by molar-refractivity contribution is 5.97. The largest absolute Gasteiger partial charge is 0.342 e. The number of carbonyl (C=O) groups is 2. The van der Waals surface area contributed by atoms with Crippen molar-refractivity contribution in [1.29, 1.82) is 0 Å². The molecule has 1 aliphatic heterocycles. The quantitative estimate of drug-likeness (QED) is 0.840. The highest BCUT2D eigenvalue weighted by Gasteiger charge is 2.44. The average molecular weight is 280 g/mol. The third-order valence-electron chi connectivity index (χ3n) is 4.78. The molecule has 2 unspecified atom stereocenters. The lowest BCUT2D eigenvalue weighted by Crippen LogP contribution is -2.65. The van der Waals surface area contributed by atoms with Crippen LogP contribution >= 0.6 is 0 Å². The molecule has 2 aliphatic rings. The fourth-order valence-electron chi connectivity index (χ4n) is 3.40. The molecule has 1 saturated carbocycles. The zero-order valence-corrected chi connectivity index (χ0v) is 13.2. The molecule has 0 spiro atoms. The smallest absolute Gasteiger partial charge is 0.245 e. The van der Waals surface area contributed by atoms with Gasteiger partial charge in [-0.25, -0.2) is 0 Å². The molecule has 2 amide bonds. The van der Waals surface area contributed by atoms with E-state index in [1.807, 2.05) is 11.8 Å². The van der Waals surface area contributed by atoms with E-state index in [9.17, 15) is 9.59 Å². The Morgan fingerprint density at radius 3 is 2.45 bits per heavy atom. The molecule has 4 heteroatoms. The summed E-state index contributed by atoms with van der Waals surface area (Å²) < 4.78 is 0. The number of nitrogens with zero attached hydrogens (tertiary/aromatic N) is 1. The first-order valence-electron chi connectivity index (χ1n) is 7.97. The molecule has 0 aromatic heterocycles. The van der Waals surface area contributed by atoms with Crippen LogP contribution in [0.3, 0.4) is 0 Å². The van der Waals surface area contributed by atoms with Gasteiger partial charge in [-0.15, -0.1) is 0 Å². The predicted octanol–water partition coefficient (Wildman–Crippen LogP) is 2.33. The van der Waals surface area contributed by atoms with Gasteiger partial charge in [-0.2, -0.15) is 0 Å². The van der Waals surface area contributed by atoms with Crippen LogP contribution in [0, 0.1) is 11.3 Å². The molecule has 0 aromatic rings. The van der Waals surface area contributed by atoms with Crippen molar-refractivity contribution >= 4 is 11.8 Å². The zero-order chi connectivity index (χ0) is 14.9. The summed E-state index contributed by atoms with van der Waals surface area (Å²) in [6.45, 7) is 9.13. The molecule has 2 atom stereocenters. The van der Waals surface area contributed by atoms with E-state index in [-0.39, 0.29) is 29.3 Å². The van der Waals surface area contributed by atoms with E-state index < -0.39 is 0 Å². The molecule has 0 radical (unpaired) electrons. The van der Waals surface area contributed by atoms with Gasteiger partial charge in [-0.1, -0.05) is 34.1 Å². The van der Waals surface area contributed by atoms with Gasteiger partial charge in [0.2, 0.25) is 11.8 Å². The summed E-state index contributed by atoms with van der Waals surface area (Å²) in [7, 11) is 0. The highest BCUT2D eigenvalue weighted by Crippen LogP contribution is 2.41. The summed E-state index contributed by atoms with van der Waals surface area (Å²) >= 11 is 0. The summed E-state index contributed by atoms with van der Waals surface area (Å²) in [5.74, 6) is 0.558. The van der Waals surface area contributed by atoms with E-state index in [0.29, 0.717) is 12.3 Å². The first-order chi connectivity index (χ1) is 9.36. The molecule has 1 aliphatic carbocycles. The van der Waals surface area contributed by atoms with Crippen LogP contribution in [0.2, 0.25) is 0 Å². The van der Waals surface area contributed by atoms with Gasteiger partial charge >= 0.3 is 0 Å². The maximum Gasteiger partial charge on any atom is 0.245 e. The number of carbonyl (C=O) groups excluding carboxylic acids is 2. The zero-order valence-electron chi connectivity index (χ0n) is 13.2. The van der Waals surface area contributed by atoms with Crippen LogP contribution in [0.5, 0.6) is 0 Å². The van der Waals surface area contributed by atoms with Crippen LogP contribution in [-0.4, -0.2) is 35.3 Å². The van der Waals surface area contributed by atoms with Gasteiger partial charge in [0.15, 0.2) is 0 Å². The third-order valence-corrected chi connectivity index (χ3v) is 4.78. The third kappa shape index (κ3) is 2.99. The van der Waals surface area contributed by atoms with Gasteiger partial charge in [0.25, 0.3) is 0 Å². The molecule has 1 saturated heterocycles. The van der Waals surface area contributed by atoms with Crippen LogP contribution in [0.4, 0.5) is 0 Å². The second-order valence-corrected chi connectivity index (χ2v) is 7.25. The van der Waals surface area contributed by atoms with E-state index in [0.717, 1.165) is 13.0 Å². The Bertz CT molecular complexity index is 388. The lowest BCUT2D eigenvalue weighted by atomic mass is 9.70. The molecule has 2 fully saturated rings. The molecular formula is C16H28N2O2. The minimum Gasteiger partial charge on any atom is -0.342 e. The first kappa shape index (κ1) is 15.3. The van der Waals surface area contributed by atoms with Crippen LogP contribution in [0.15, 0.2) is 0 Å². The van der Waals surface area contributed by atoms with Crippen LogP contribution in [0.25, 0.3) is 0 Å². The highest BCUT2D eigenvalue weighted by atomic mass is 16.2. The molecule has 114 valence electrons. The minimum atomic E-state index is -0.325. The van der Waals surface area contributed by atoms with Crippen molar-refractivity contribution in [2.45, 2.75) is 71.9 Å². The van der Waals surface area contributed by atoms with Gasteiger partial charge < -0.3 is 10.2 Å². The SMILES string of the molecule is CCC1C(=O)NC(CC(C)C)C(=O)N1CC1(C)CCC1. The van der Waals surface area contributed by atoms with E-state index in [2.05, 4.69) is 26.1 Å². The van der Waals surface area contributed by atoms with Gasteiger partial charge in [0.05, 0.1) is 0 Å². The lowest BCUT2D eigenvalue weighted by molar-refractivity contribution is -0.152. The lowest BCUT2D eigenvalue weighted by Gasteiger charge is -2.47. The van der Waals surface area contributed by atoms with Gasteiger partial charge in [0, 0.05) is 6.54 Å². The molecule has 0 aromatic carbocycles. The molecule has 1 N–H and O–H groups in total. The van der Waals surface area contributed by atoms with Crippen molar-refractivity contribution in [3.8, 4) is 0 Å². The van der Waals surface area contributed by atoms with Crippen LogP contribution in [0.1, 0.15) is 59.8 Å². The number of amides is 2. The second kappa shape index (κ2) is 5.74. The van der Waals surface area contributed by atoms with E-state index >= 15 is 0 Å². The number of hydrogen-bond donors (Lipinski definition) is 1. The van der Waals surface area contributed by atoms with Crippen molar-refractivity contribution < 1.29 is 9.59 Å². The second-order valence-electron chi connectivity index (χ2n) is 7.25. The molecular weight excluding hydrogens is 252 g/mol. The number of piperazine rings is 1. The summed E-state index contributed by atoms with van der Waals surface area (Å²) in [6, 6.07) is -0.600. The summed E-state index contributed by atoms with van der Waals surface area (Å²) in [5, 5.41) is 2.92. The number of hydrogen-bond acceptors (Lipinski definition) is 2. The number of rotatable bonds is 5. The molecule has 1 heterocycles. The fourth-order valence-corrected chi connectivity index (χ4v) is 3.40. The van der Waals surface area contributed by atoms with Gasteiger partial charge in [-0.3, -0.25) is 9.59 Å². The Morgan fingerprint density at radius 1 is 1.35 bits per heavy atom. The Balaban J connectivity index is 2.14. The van der Waals surface area contributed by atoms with Crippen molar-refractivity contribution in [2.75, 3.05) is 6.54 Å². The Morgan fingerprint density at radius 2 is 2.00 bits per heavy atom. The normalized spacial score (nSPS) is 29.4. The Hall–Kier alpha value is -1.06. The van der Waals surface area contributed by atoms with Gasteiger partial charge in [0.1, 0.15) is 12.1 Å². The fraction of sp³-hybridized carbons (Fsp3) is 0.875. The Labute approximate surface area is 122 Å². The summed E-state index contributed by atoms with van der Waals surface area (Å²) in [4.78, 5) is 26.8. The van der Waals surface area contributed by atoms with Crippen LogP contribution < -0.4 is 5.32 Å². The maximum absolute atomic E-state index is 12.7. The van der Waals surface area contributed by atoms with Crippen molar-refractivity contribution in [2.24, 2.45) is 11.3 Å². The summed E-state index contributed by atoms with van der Waals surface area (Å²) in [6.07, 6.45) is 5.01. The van der Waals surface area contributed by atoms with E-state index in [1.165, 1.54) is 19.3 Å². The standard InChI is InChI=1S/C16H28N2O2/c1-5-13-14(19)17-12(9-11(2)3)15(20)18(13)10-16(4)7-6-8-16/h11-13H,5-10H2,1-4H3,(H,17,19). The maximum atomic E-state index is 12.7. The van der Waals surface area contributed by atoms with Crippen molar-refractivity contribution in [3.63, 3.8) is 0 Å².